The van der Waals surface area contributed by atoms with Crippen molar-refractivity contribution in [1.29, 1.82) is 5.26 Å². The van der Waals surface area contributed by atoms with Crippen molar-refractivity contribution in [2.24, 2.45) is 17.3 Å². The summed E-state index contributed by atoms with van der Waals surface area (Å²) in [4.78, 5) is 12.1. The van der Waals surface area contributed by atoms with Crippen LogP contribution in [0.1, 0.15) is 25.0 Å². The minimum atomic E-state index is -1.68. The molecule has 0 amide bonds. The van der Waals surface area contributed by atoms with Gasteiger partial charge in [0.1, 0.15) is 12.7 Å². The summed E-state index contributed by atoms with van der Waals surface area (Å²) < 4.78 is 78.2. The number of allylic oxidation sites excluding steroid dienone is 2. The van der Waals surface area contributed by atoms with Gasteiger partial charge in [0.2, 0.25) is 0 Å². The molecule has 1 aliphatic carbocycles. The summed E-state index contributed by atoms with van der Waals surface area (Å²) in [5, 5.41) is 8.46. The van der Waals surface area contributed by atoms with Crippen LogP contribution in [0.2, 0.25) is 0 Å². The highest BCUT2D eigenvalue weighted by molar-refractivity contribution is 5.78. The molecule has 0 aliphatic heterocycles. The summed E-state index contributed by atoms with van der Waals surface area (Å²) in [5.74, 6) is -10.1. The molecule has 0 aromatic heterocycles. The number of esters is 1. The molecule has 2 rings (SSSR count). The number of nitriles is 1. The Kier molecular flexibility index (Phi) is 5.90. The molecule has 4 nitrogen and oxygen atoms in total. The van der Waals surface area contributed by atoms with E-state index in [0.29, 0.717) is 0 Å². The van der Waals surface area contributed by atoms with Crippen molar-refractivity contribution in [1.82, 2.24) is 0 Å². The van der Waals surface area contributed by atoms with E-state index < -0.39 is 76.7 Å². The monoisotopic (exact) mass is 389 g/mol. The van der Waals surface area contributed by atoms with Crippen LogP contribution in [0.15, 0.2) is 11.9 Å². The van der Waals surface area contributed by atoms with E-state index in [4.69, 9.17) is 10.00 Å². The topological polar surface area (TPSA) is 59.3 Å². The molecule has 9 heteroatoms. The number of rotatable bonds is 6. The van der Waals surface area contributed by atoms with Gasteiger partial charge in [-0.15, -0.1) is 0 Å². The van der Waals surface area contributed by atoms with E-state index in [0.717, 1.165) is 13.2 Å². The van der Waals surface area contributed by atoms with E-state index in [1.54, 1.807) is 13.8 Å². The molecule has 1 aromatic rings. The average molecular weight is 389 g/mol. The fourth-order valence-corrected chi connectivity index (χ4v) is 2.99. The molecule has 146 valence electrons. The van der Waals surface area contributed by atoms with Crippen LogP contribution < -0.4 is 0 Å². The minimum absolute atomic E-state index is 0.642. The number of methoxy groups -OCH3 is 1. The number of carbonyl (C=O) groups is 1. The Morgan fingerprint density at radius 1 is 1.11 bits per heavy atom. The Morgan fingerprint density at radius 2 is 1.59 bits per heavy atom. The molecule has 27 heavy (non-hydrogen) atoms. The number of hydrogen-bond acceptors (Lipinski definition) is 4. The van der Waals surface area contributed by atoms with Crippen molar-refractivity contribution in [3.05, 3.63) is 46.3 Å². The molecular formula is C18H16F5NO3. The number of carbonyl (C=O) groups excluding carboxylic acids is 1. The zero-order valence-corrected chi connectivity index (χ0v) is 14.7. The lowest BCUT2D eigenvalue weighted by Gasteiger charge is -2.12. The van der Waals surface area contributed by atoms with Crippen molar-refractivity contribution in [3.8, 4) is 6.07 Å². The molecule has 1 fully saturated rings. The molecule has 1 saturated carbocycles. The highest BCUT2D eigenvalue weighted by atomic mass is 19.2. The third-order valence-electron chi connectivity index (χ3n) is 4.69. The van der Waals surface area contributed by atoms with Crippen LogP contribution in [0, 0.1) is 51.9 Å². The second-order valence-corrected chi connectivity index (χ2v) is 6.70. The lowest BCUT2D eigenvalue weighted by molar-refractivity contribution is -0.147. The van der Waals surface area contributed by atoms with Crippen LogP contribution >= 0.6 is 0 Å². The Balaban J connectivity index is 2.18. The van der Waals surface area contributed by atoms with Crippen molar-refractivity contribution >= 4 is 5.97 Å². The van der Waals surface area contributed by atoms with Gasteiger partial charge in [-0.2, -0.15) is 9.65 Å². The molecule has 0 saturated heterocycles. The smallest absolute Gasteiger partial charge is 0.310 e. The number of benzene rings is 1. The van der Waals surface area contributed by atoms with E-state index >= 15 is 0 Å². The SMILES string of the molecule is COCc1c(F)c(F)c(COC(=O)[C@@H]2[C@@H](C=C(F)C#N)C2(C)C)c(F)c1F. The second-order valence-electron chi connectivity index (χ2n) is 6.70. The van der Waals surface area contributed by atoms with Crippen molar-refractivity contribution in [2.75, 3.05) is 7.11 Å². The van der Waals surface area contributed by atoms with Gasteiger partial charge >= 0.3 is 5.97 Å². The third-order valence-corrected chi connectivity index (χ3v) is 4.69. The molecule has 0 heterocycles. The molecule has 1 aromatic carbocycles. The van der Waals surface area contributed by atoms with Gasteiger partial charge in [-0.3, -0.25) is 4.79 Å². The summed E-state index contributed by atoms with van der Waals surface area (Å²) in [6, 6.07) is 1.28. The summed E-state index contributed by atoms with van der Waals surface area (Å²) in [5.41, 5.74) is -2.73. The third kappa shape index (κ3) is 3.81. The Labute approximate surface area is 152 Å². The number of halogens is 5. The Bertz CT molecular complexity index is 815. The van der Waals surface area contributed by atoms with Gasteiger partial charge < -0.3 is 9.47 Å². The van der Waals surface area contributed by atoms with Gasteiger partial charge in [-0.1, -0.05) is 13.8 Å². The van der Waals surface area contributed by atoms with Crippen LogP contribution in [-0.2, 0) is 27.5 Å². The van der Waals surface area contributed by atoms with Gasteiger partial charge in [0, 0.05) is 13.0 Å². The first-order valence-corrected chi connectivity index (χ1v) is 7.84. The molecule has 0 N–H and O–H groups in total. The molecule has 0 bridgehead atoms. The van der Waals surface area contributed by atoms with E-state index in [9.17, 15) is 26.7 Å². The van der Waals surface area contributed by atoms with Crippen LogP contribution in [-0.4, -0.2) is 13.1 Å². The van der Waals surface area contributed by atoms with Crippen LogP contribution in [0.5, 0.6) is 0 Å². The lowest BCUT2D eigenvalue weighted by Crippen LogP contribution is -2.15. The first-order chi connectivity index (χ1) is 12.6. The van der Waals surface area contributed by atoms with E-state index in [2.05, 4.69) is 4.74 Å². The molecule has 0 unspecified atom stereocenters. The predicted molar refractivity (Wildman–Crippen MR) is 82.3 cm³/mol. The number of hydrogen-bond donors (Lipinski definition) is 0. The Hall–Kier alpha value is -2.47. The first-order valence-electron chi connectivity index (χ1n) is 7.84. The maximum Gasteiger partial charge on any atom is 0.310 e. The van der Waals surface area contributed by atoms with Gasteiger partial charge in [0.05, 0.1) is 23.7 Å². The largest absolute Gasteiger partial charge is 0.460 e. The zero-order valence-electron chi connectivity index (χ0n) is 14.7. The van der Waals surface area contributed by atoms with Gasteiger partial charge in [0.15, 0.2) is 29.1 Å². The second kappa shape index (κ2) is 7.64. The standard InChI is InChI=1S/C18H16F5NO3/c1-18(2)11(4-8(19)5-24)12(18)17(25)27-7-10-15(22)13(20)9(6-26-3)14(21)16(10)23/h4,11-12H,6-7H2,1-3H3/t11-,12+/m1/s1. The van der Waals surface area contributed by atoms with Gasteiger partial charge in [-0.25, -0.2) is 17.6 Å². The van der Waals surface area contributed by atoms with Gasteiger partial charge in [-0.05, 0) is 11.5 Å². The normalized spacial score (nSPS) is 20.9. The maximum absolute atomic E-state index is 14.0. The number of ether oxygens (including phenoxy) is 2. The van der Waals surface area contributed by atoms with Crippen LogP contribution in [0.25, 0.3) is 0 Å². The van der Waals surface area contributed by atoms with Crippen molar-refractivity contribution < 1.29 is 36.2 Å². The lowest BCUT2D eigenvalue weighted by atomic mass is 10.1. The van der Waals surface area contributed by atoms with Crippen LogP contribution in [0.3, 0.4) is 0 Å². The van der Waals surface area contributed by atoms with Crippen molar-refractivity contribution in [2.45, 2.75) is 27.1 Å². The van der Waals surface area contributed by atoms with Crippen molar-refractivity contribution in [3.63, 3.8) is 0 Å². The summed E-state index contributed by atoms with van der Waals surface area (Å²) in [6.45, 7) is 1.51. The maximum atomic E-state index is 14.0. The first kappa shape index (κ1) is 20.8. The highest BCUT2D eigenvalue weighted by Crippen LogP contribution is 2.60. The predicted octanol–water partition coefficient (Wildman–Crippen LogP) is 4.08. The summed E-state index contributed by atoms with van der Waals surface area (Å²) >= 11 is 0. The fraction of sp³-hybridized carbons (Fsp3) is 0.444. The molecule has 0 radical (unpaired) electrons. The summed E-state index contributed by atoms with van der Waals surface area (Å²) in [6.07, 6.45) is 0.964. The van der Waals surface area contributed by atoms with Crippen LogP contribution in [0.4, 0.5) is 22.0 Å². The zero-order chi connectivity index (χ0) is 20.5. The summed E-state index contributed by atoms with van der Waals surface area (Å²) in [7, 11) is 1.10. The fourth-order valence-electron chi connectivity index (χ4n) is 2.99. The van der Waals surface area contributed by atoms with E-state index in [-0.39, 0.29) is 0 Å². The molecule has 1 aliphatic rings. The van der Waals surface area contributed by atoms with E-state index in [1.807, 2.05) is 0 Å². The van der Waals surface area contributed by atoms with E-state index in [1.165, 1.54) is 6.07 Å². The number of nitrogens with zero attached hydrogens (tertiary/aromatic N) is 1. The Morgan fingerprint density at radius 3 is 2.04 bits per heavy atom. The highest BCUT2D eigenvalue weighted by Gasteiger charge is 2.61. The molecule has 2 atom stereocenters. The van der Waals surface area contributed by atoms with Gasteiger partial charge in [0.25, 0.3) is 0 Å². The molecular weight excluding hydrogens is 373 g/mol. The average Bonchev–Trinajstić information content (AvgIpc) is 3.16. The quantitative estimate of drug-likeness (QED) is 0.318. The molecule has 0 spiro atoms. The minimum Gasteiger partial charge on any atom is -0.460 e.